The molecule has 3 nitrogen and oxygen atoms in total. The number of carbonyl (C=O) groups is 1. The number of carbonyl (C=O) groups excluding carboxylic acids is 1. The van der Waals surface area contributed by atoms with Gasteiger partial charge in [-0.3, -0.25) is 0 Å². The van der Waals surface area contributed by atoms with Crippen LogP contribution in [0.3, 0.4) is 0 Å². The number of amides is 2. The lowest BCUT2D eigenvalue weighted by atomic mass is 10.0. The van der Waals surface area contributed by atoms with E-state index in [9.17, 15) is 18.0 Å². The molecule has 0 fully saturated rings. The van der Waals surface area contributed by atoms with Crippen LogP contribution >= 0.6 is 0 Å². The van der Waals surface area contributed by atoms with Crippen LogP contribution in [0.25, 0.3) is 0 Å². The first-order valence-electron chi connectivity index (χ1n) is 8.29. The van der Waals surface area contributed by atoms with Crippen LogP contribution in [0, 0.1) is 0 Å². The van der Waals surface area contributed by atoms with E-state index in [1.54, 1.807) is 12.1 Å². The minimum Gasteiger partial charge on any atom is -0.308 e. The summed E-state index contributed by atoms with van der Waals surface area (Å²) in [6.45, 7) is 0. The Bertz CT molecular complexity index is 924. The van der Waals surface area contributed by atoms with Crippen molar-refractivity contribution in [3.05, 3.63) is 95.6 Å². The summed E-state index contributed by atoms with van der Waals surface area (Å²) in [5.41, 5.74) is 1.85. The van der Waals surface area contributed by atoms with Crippen LogP contribution in [0.2, 0.25) is 0 Å². The fourth-order valence-electron chi connectivity index (χ4n) is 2.67. The van der Waals surface area contributed by atoms with Crippen molar-refractivity contribution in [3.8, 4) is 0 Å². The van der Waals surface area contributed by atoms with Gasteiger partial charge in [-0.15, -0.1) is 0 Å². The molecule has 2 N–H and O–H groups in total. The fraction of sp³-hybridized carbons (Fsp3) is 0.0952. The maximum Gasteiger partial charge on any atom is 0.416 e. The van der Waals surface area contributed by atoms with E-state index >= 15 is 0 Å². The van der Waals surface area contributed by atoms with Crippen LogP contribution in [0.5, 0.6) is 0 Å². The van der Waals surface area contributed by atoms with Crippen LogP contribution in [-0.4, -0.2) is 6.03 Å². The maximum atomic E-state index is 12.8. The van der Waals surface area contributed by atoms with E-state index in [0.717, 1.165) is 23.3 Å². The van der Waals surface area contributed by atoms with E-state index < -0.39 is 17.8 Å². The number of anilines is 2. The van der Waals surface area contributed by atoms with Crippen molar-refractivity contribution in [2.45, 2.75) is 12.6 Å². The van der Waals surface area contributed by atoms with Gasteiger partial charge in [0.1, 0.15) is 0 Å². The largest absolute Gasteiger partial charge is 0.416 e. The Morgan fingerprint density at radius 1 is 0.815 bits per heavy atom. The van der Waals surface area contributed by atoms with E-state index in [1.807, 2.05) is 42.5 Å². The number of benzene rings is 3. The number of halogens is 3. The number of alkyl halides is 3. The van der Waals surface area contributed by atoms with Crippen LogP contribution in [-0.2, 0) is 12.6 Å². The lowest BCUT2D eigenvalue weighted by molar-refractivity contribution is -0.137. The fourth-order valence-corrected chi connectivity index (χ4v) is 2.67. The molecule has 0 saturated carbocycles. The summed E-state index contributed by atoms with van der Waals surface area (Å²) < 4.78 is 38.4. The van der Waals surface area contributed by atoms with Gasteiger partial charge in [0, 0.05) is 11.4 Å². The molecule has 3 aromatic rings. The standard InChI is InChI=1S/C21H17F3N2O/c22-21(23,24)17-10-6-11-18(14-17)25-20(27)26-19-12-5-4-9-16(19)13-15-7-2-1-3-8-15/h1-12,14H,13H2,(H2,25,26,27). The molecule has 0 aliphatic rings. The molecule has 27 heavy (non-hydrogen) atoms. The van der Waals surface area contributed by atoms with E-state index in [2.05, 4.69) is 10.6 Å². The van der Waals surface area contributed by atoms with Gasteiger partial charge in [0.25, 0.3) is 0 Å². The van der Waals surface area contributed by atoms with Gasteiger partial charge in [-0.2, -0.15) is 13.2 Å². The lowest BCUT2D eigenvalue weighted by Gasteiger charge is -2.13. The molecule has 0 spiro atoms. The Morgan fingerprint density at radius 2 is 1.52 bits per heavy atom. The van der Waals surface area contributed by atoms with E-state index in [1.165, 1.54) is 12.1 Å². The molecule has 0 bridgehead atoms. The first kappa shape index (κ1) is 18.5. The zero-order valence-electron chi connectivity index (χ0n) is 14.3. The van der Waals surface area contributed by atoms with Crippen molar-refractivity contribution in [2.75, 3.05) is 10.6 Å². The van der Waals surface area contributed by atoms with Crippen LogP contribution in [0.15, 0.2) is 78.9 Å². The summed E-state index contributed by atoms with van der Waals surface area (Å²) in [5, 5.41) is 5.15. The topological polar surface area (TPSA) is 41.1 Å². The number of rotatable bonds is 4. The second kappa shape index (κ2) is 7.95. The average Bonchev–Trinajstić information content (AvgIpc) is 2.64. The molecule has 3 aromatic carbocycles. The highest BCUT2D eigenvalue weighted by Crippen LogP contribution is 2.30. The van der Waals surface area contributed by atoms with E-state index in [0.29, 0.717) is 12.1 Å². The summed E-state index contributed by atoms with van der Waals surface area (Å²) in [4.78, 5) is 12.2. The minimum atomic E-state index is -4.46. The van der Waals surface area contributed by atoms with Crippen molar-refractivity contribution in [3.63, 3.8) is 0 Å². The normalized spacial score (nSPS) is 11.1. The molecule has 0 radical (unpaired) electrons. The molecule has 0 aliphatic carbocycles. The molecule has 138 valence electrons. The van der Waals surface area contributed by atoms with Gasteiger partial charge in [-0.25, -0.2) is 4.79 Å². The van der Waals surface area contributed by atoms with Crippen molar-refractivity contribution in [1.82, 2.24) is 0 Å². The van der Waals surface area contributed by atoms with Crippen LogP contribution < -0.4 is 10.6 Å². The summed E-state index contributed by atoms with van der Waals surface area (Å²) >= 11 is 0. The molecule has 3 rings (SSSR count). The van der Waals surface area contributed by atoms with Gasteiger partial charge in [0.2, 0.25) is 0 Å². The number of urea groups is 1. The van der Waals surface area contributed by atoms with Gasteiger partial charge in [0.05, 0.1) is 5.56 Å². The Labute approximate surface area is 154 Å². The first-order chi connectivity index (χ1) is 12.9. The molecule has 0 saturated heterocycles. The number of para-hydroxylation sites is 1. The maximum absolute atomic E-state index is 12.8. The lowest BCUT2D eigenvalue weighted by Crippen LogP contribution is -2.20. The number of nitrogens with one attached hydrogen (secondary N) is 2. The molecular weight excluding hydrogens is 353 g/mol. The van der Waals surface area contributed by atoms with Gasteiger partial charge >= 0.3 is 12.2 Å². The Hall–Kier alpha value is -3.28. The summed E-state index contributed by atoms with van der Waals surface area (Å²) in [6.07, 6.45) is -3.84. The van der Waals surface area contributed by atoms with E-state index in [-0.39, 0.29) is 5.69 Å². The number of hydrogen-bond donors (Lipinski definition) is 2. The van der Waals surface area contributed by atoms with E-state index in [4.69, 9.17) is 0 Å². The zero-order chi connectivity index (χ0) is 19.3. The van der Waals surface area contributed by atoms with Gasteiger partial charge < -0.3 is 10.6 Å². The Kier molecular flexibility index (Phi) is 5.45. The Balaban J connectivity index is 1.72. The second-order valence-electron chi connectivity index (χ2n) is 5.98. The molecule has 2 amide bonds. The summed E-state index contributed by atoms with van der Waals surface area (Å²) in [6, 6.07) is 21.0. The predicted molar refractivity (Wildman–Crippen MR) is 99.8 cm³/mol. The van der Waals surface area contributed by atoms with Crippen molar-refractivity contribution >= 4 is 17.4 Å². The molecule has 6 heteroatoms. The third-order valence-corrected chi connectivity index (χ3v) is 3.95. The van der Waals surface area contributed by atoms with Gasteiger partial charge in [-0.1, -0.05) is 54.6 Å². The zero-order valence-corrected chi connectivity index (χ0v) is 14.3. The smallest absolute Gasteiger partial charge is 0.308 e. The first-order valence-corrected chi connectivity index (χ1v) is 8.29. The molecule has 0 atom stereocenters. The van der Waals surface area contributed by atoms with Crippen molar-refractivity contribution < 1.29 is 18.0 Å². The highest BCUT2D eigenvalue weighted by Gasteiger charge is 2.30. The third-order valence-electron chi connectivity index (χ3n) is 3.95. The SMILES string of the molecule is O=C(Nc1cccc(C(F)(F)F)c1)Nc1ccccc1Cc1ccccc1. The van der Waals surface area contributed by atoms with Crippen molar-refractivity contribution in [1.29, 1.82) is 0 Å². The quantitative estimate of drug-likeness (QED) is 0.586. The monoisotopic (exact) mass is 370 g/mol. The molecule has 0 heterocycles. The molecule has 0 aromatic heterocycles. The summed E-state index contributed by atoms with van der Waals surface area (Å²) in [7, 11) is 0. The number of hydrogen-bond acceptors (Lipinski definition) is 1. The van der Waals surface area contributed by atoms with Gasteiger partial charge in [0.15, 0.2) is 0 Å². The molecular formula is C21H17F3N2O. The third kappa shape index (κ3) is 5.10. The highest BCUT2D eigenvalue weighted by atomic mass is 19.4. The predicted octanol–water partition coefficient (Wildman–Crippen LogP) is 5.94. The molecule has 0 unspecified atom stereocenters. The van der Waals surface area contributed by atoms with Crippen LogP contribution in [0.4, 0.5) is 29.3 Å². The van der Waals surface area contributed by atoms with Crippen molar-refractivity contribution in [2.24, 2.45) is 0 Å². The van der Waals surface area contributed by atoms with Crippen LogP contribution in [0.1, 0.15) is 16.7 Å². The highest BCUT2D eigenvalue weighted by molar-refractivity contribution is 6.00. The summed E-state index contributed by atoms with van der Waals surface area (Å²) in [5.74, 6) is 0. The minimum absolute atomic E-state index is 0.0721. The average molecular weight is 370 g/mol. The Morgan fingerprint density at radius 3 is 2.26 bits per heavy atom. The molecule has 0 aliphatic heterocycles. The van der Waals surface area contributed by atoms with Gasteiger partial charge in [-0.05, 0) is 41.8 Å². The second-order valence-corrected chi connectivity index (χ2v) is 5.98.